The van der Waals surface area contributed by atoms with E-state index in [9.17, 15) is 4.79 Å². The summed E-state index contributed by atoms with van der Waals surface area (Å²) >= 11 is 0. The predicted octanol–water partition coefficient (Wildman–Crippen LogP) is 2.43. The Labute approximate surface area is 109 Å². The fourth-order valence-corrected chi connectivity index (χ4v) is 1.54. The van der Waals surface area contributed by atoms with Crippen molar-refractivity contribution in [3.8, 4) is 0 Å². The molecule has 5 heteroatoms. The van der Waals surface area contributed by atoms with Crippen molar-refractivity contribution in [1.29, 1.82) is 0 Å². The van der Waals surface area contributed by atoms with Crippen molar-refractivity contribution in [2.24, 2.45) is 5.41 Å². The first-order valence-electron chi connectivity index (χ1n) is 6.34. The summed E-state index contributed by atoms with van der Waals surface area (Å²) < 4.78 is 0. The lowest BCUT2D eigenvalue weighted by molar-refractivity contribution is 0.0617. The van der Waals surface area contributed by atoms with Gasteiger partial charge < -0.3 is 4.90 Å². The highest BCUT2D eigenvalue weighted by Crippen LogP contribution is 2.23. The molecular weight excluding hydrogens is 228 g/mol. The number of nitrogens with one attached hydrogen (secondary N) is 1. The maximum atomic E-state index is 12.2. The Hall–Kier alpha value is -1.39. The van der Waals surface area contributed by atoms with Crippen molar-refractivity contribution in [3.63, 3.8) is 0 Å². The minimum atomic E-state index is -0.138. The van der Waals surface area contributed by atoms with Crippen LogP contribution in [0.5, 0.6) is 0 Å². The number of hydrogen-bond acceptors (Lipinski definition) is 3. The molecule has 18 heavy (non-hydrogen) atoms. The smallest absolute Gasteiger partial charge is 0.293 e. The summed E-state index contributed by atoms with van der Waals surface area (Å²) in [5.74, 6) is 1.09. The molecule has 5 nitrogen and oxygen atoms in total. The Kier molecular flexibility index (Phi) is 4.14. The van der Waals surface area contributed by atoms with Gasteiger partial charge in [-0.3, -0.25) is 9.89 Å². The van der Waals surface area contributed by atoms with Gasteiger partial charge in [-0.25, -0.2) is 4.98 Å². The van der Waals surface area contributed by atoms with Crippen LogP contribution < -0.4 is 0 Å². The van der Waals surface area contributed by atoms with E-state index in [1.54, 1.807) is 11.9 Å². The molecule has 0 aromatic carbocycles. The van der Waals surface area contributed by atoms with Gasteiger partial charge in [0.2, 0.25) is 5.82 Å². The lowest BCUT2D eigenvalue weighted by atomic mass is 9.87. The lowest BCUT2D eigenvalue weighted by Gasteiger charge is -2.34. The van der Waals surface area contributed by atoms with E-state index < -0.39 is 0 Å². The predicted molar refractivity (Wildman–Crippen MR) is 71.5 cm³/mol. The fraction of sp³-hybridized carbons (Fsp3) is 0.769. The van der Waals surface area contributed by atoms with E-state index in [-0.39, 0.29) is 29.1 Å². The molecule has 1 unspecified atom stereocenters. The van der Waals surface area contributed by atoms with E-state index in [4.69, 9.17) is 0 Å². The molecule has 0 saturated carbocycles. The summed E-state index contributed by atoms with van der Waals surface area (Å²) in [5.41, 5.74) is 0.0294. The number of amides is 1. The zero-order valence-electron chi connectivity index (χ0n) is 12.4. The number of carbonyl (C=O) groups excluding carboxylic acids is 1. The van der Waals surface area contributed by atoms with Crippen LogP contribution >= 0.6 is 0 Å². The van der Waals surface area contributed by atoms with Crippen molar-refractivity contribution in [1.82, 2.24) is 20.1 Å². The van der Waals surface area contributed by atoms with Crippen molar-refractivity contribution < 1.29 is 4.79 Å². The molecule has 1 N–H and O–H groups in total. The number of nitrogens with zero attached hydrogens (tertiary/aromatic N) is 3. The van der Waals surface area contributed by atoms with Gasteiger partial charge >= 0.3 is 0 Å². The number of aromatic amines is 1. The van der Waals surface area contributed by atoms with Gasteiger partial charge in [0, 0.05) is 19.0 Å². The molecule has 1 aromatic rings. The number of H-pyrrole nitrogens is 1. The molecule has 1 atom stereocenters. The molecule has 0 aliphatic carbocycles. The second kappa shape index (κ2) is 5.08. The van der Waals surface area contributed by atoms with Gasteiger partial charge in [-0.05, 0) is 12.3 Å². The summed E-state index contributed by atoms with van der Waals surface area (Å²) in [5, 5.41) is 6.81. The van der Waals surface area contributed by atoms with Crippen LogP contribution in [0.15, 0.2) is 0 Å². The zero-order valence-corrected chi connectivity index (χ0v) is 12.4. The van der Waals surface area contributed by atoms with Crippen molar-refractivity contribution >= 4 is 5.91 Å². The van der Waals surface area contributed by atoms with E-state index in [2.05, 4.69) is 36.0 Å². The van der Waals surface area contributed by atoms with Gasteiger partial charge in [-0.2, -0.15) is 0 Å². The summed E-state index contributed by atoms with van der Waals surface area (Å²) in [4.78, 5) is 18.2. The highest BCUT2D eigenvalue weighted by atomic mass is 16.2. The largest absolute Gasteiger partial charge is 0.336 e. The molecule has 1 amide bonds. The Balaban J connectivity index is 2.86. The van der Waals surface area contributed by atoms with Crippen molar-refractivity contribution in [3.05, 3.63) is 11.6 Å². The number of aromatic nitrogens is 3. The Morgan fingerprint density at radius 2 is 1.83 bits per heavy atom. The Bertz CT molecular complexity index is 417. The van der Waals surface area contributed by atoms with Crippen LogP contribution in [0.3, 0.4) is 0 Å². The summed E-state index contributed by atoms with van der Waals surface area (Å²) in [6, 6.07) is 0.117. The second-order valence-electron chi connectivity index (χ2n) is 6.16. The molecular formula is C13H24N4O. The number of rotatable bonds is 3. The highest BCUT2D eigenvalue weighted by molar-refractivity contribution is 5.90. The zero-order chi connectivity index (χ0) is 14.1. The molecule has 0 aliphatic heterocycles. The third kappa shape index (κ3) is 3.09. The molecule has 1 heterocycles. The molecule has 0 saturated heterocycles. The standard InChI is InChI=1S/C13H24N4O/c1-8(2)10-14-11(16-15-10)12(18)17(7)9(3)13(4,5)6/h8-9H,1-7H3,(H,14,15,16). The van der Waals surface area contributed by atoms with Gasteiger partial charge in [0.1, 0.15) is 5.82 Å². The normalized spacial score (nSPS) is 13.8. The third-order valence-corrected chi connectivity index (χ3v) is 3.40. The van der Waals surface area contributed by atoms with Crippen LogP contribution in [0.4, 0.5) is 0 Å². The van der Waals surface area contributed by atoms with Gasteiger partial charge in [-0.1, -0.05) is 34.6 Å². The summed E-state index contributed by atoms with van der Waals surface area (Å²) in [6.07, 6.45) is 0. The van der Waals surface area contributed by atoms with Crippen molar-refractivity contribution in [2.75, 3.05) is 7.05 Å². The average Bonchev–Trinajstić information content (AvgIpc) is 2.74. The molecule has 0 radical (unpaired) electrons. The van der Waals surface area contributed by atoms with Gasteiger partial charge in [-0.15, -0.1) is 5.10 Å². The Morgan fingerprint density at radius 3 is 2.22 bits per heavy atom. The average molecular weight is 252 g/mol. The van der Waals surface area contributed by atoms with Crippen LogP contribution in [0, 0.1) is 5.41 Å². The third-order valence-electron chi connectivity index (χ3n) is 3.40. The maximum Gasteiger partial charge on any atom is 0.293 e. The Morgan fingerprint density at radius 1 is 1.28 bits per heavy atom. The topological polar surface area (TPSA) is 61.9 Å². The summed E-state index contributed by atoms with van der Waals surface area (Å²) in [6.45, 7) is 12.4. The molecule has 0 spiro atoms. The first-order valence-corrected chi connectivity index (χ1v) is 6.34. The number of carbonyl (C=O) groups is 1. The first-order chi connectivity index (χ1) is 8.14. The van der Waals surface area contributed by atoms with Crippen LogP contribution in [0.25, 0.3) is 0 Å². The number of hydrogen-bond donors (Lipinski definition) is 1. The van der Waals surface area contributed by atoms with E-state index in [1.807, 2.05) is 20.8 Å². The molecule has 102 valence electrons. The minimum Gasteiger partial charge on any atom is -0.336 e. The van der Waals surface area contributed by atoms with E-state index in [0.717, 1.165) is 5.82 Å². The highest BCUT2D eigenvalue weighted by Gasteiger charge is 2.29. The quantitative estimate of drug-likeness (QED) is 0.898. The minimum absolute atomic E-state index is 0.0294. The molecule has 0 bridgehead atoms. The van der Waals surface area contributed by atoms with Crippen LogP contribution in [0.2, 0.25) is 0 Å². The van der Waals surface area contributed by atoms with Gasteiger partial charge in [0.05, 0.1) is 0 Å². The molecule has 0 aliphatic rings. The second-order valence-corrected chi connectivity index (χ2v) is 6.16. The lowest BCUT2D eigenvalue weighted by Crippen LogP contribution is -2.43. The monoisotopic (exact) mass is 252 g/mol. The van der Waals surface area contributed by atoms with E-state index >= 15 is 0 Å². The fourth-order valence-electron chi connectivity index (χ4n) is 1.54. The van der Waals surface area contributed by atoms with E-state index in [1.165, 1.54) is 0 Å². The van der Waals surface area contributed by atoms with Crippen LogP contribution in [-0.2, 0) is 0 Å². The first kappa shape index (κ1) is 14.7. The SMILES string of the molecule is CC(C)c1nc(C(=O)N(C)C(C)C(C)(C)C)n[nH]1. The van der Waals surface area contributed by atoms with E-state index in [0.29, 0.717) is 0 Å². The molecule has 0 fully saturated rings. The van der Waals surface area contributed by atoms with Crippen LogP contribution in [0.1, 0.15) is 63.9 Å². The van der Waals surface area contributed by atoms with Gasteiger partial charge in [0.25, 0.3) is 5.91 Å². The van der Waals surface area contributed by atoms with Crippen molar-refractivity contribution in [2.45, 2.75) is 53.5 Å². The molecule has 1 aromatic heterocycles. The van der Waals surface area contributed by atoms with Crippen LogP contribution in [-0.4, -0.2) is 39.1 Å². The maximum absolute atomic E-state index is 12.2. The van der Waals surface area contributed by atoms with Gasteiger partial charge in [0.15, 0.2) is 0 Å². The molecule has 1 rings (SSSR count). The summed E-state index contributed by atoms with van der Waals surface area (Å²) in [7, 11) is 1.80.